The van der Waals surface area contributed by atoms with Crippen LogP contribution in [0, 0.1) is 6.61 Å². The average molecular weight is 482 g/mol. The third-order valence-corrected chi connectivity index (χ3v) is 5.78. The third kappa shape index (κ3) is 8.60. The molecule has 1 heterocycles. The number of nitrogens with one attached hydrogen (secondary N) is 1. The standard InChI is InChI=1S/C29H32NO5.Li/c1-22(31)30-26-20-33-27(21-32-17-23-11-5-2-6-12-23)29(35-19-25-15-9-4-10-16-25)28(26)34-18-24-13-7-3-8-14-24;/h2-16,20,26-29H,17-19,21H2,1H3,(H,30,31);/q-1;+1/t26-,27+,28+,29+;/m0./s1. The van der Waals surface area contributed by atoms with Crippen LogP contribution in [0.15, 0.2) is 91.0 Å². The van der Waals surface area contributed by atoms with Crippen molar-refractivity contribution in [3.05, 3.63) is 114 Å². The second kappa shape index (κ2) is 15.0. The number of carbonyl (C=O) groups excluding carboxylic acids is 1. The molecule has 184 valence electrons. The van der Waals surface area contributed by atoms with Crippen molar-refractivity contribution in [3.8, 4) is 0 Å². The Hall–Kier alpha value is -2.43. The fourth-order valence-corrected chi connectivity index (χ4v) is 4.04. The minimum absolute atomic E-state index is 0. The number of hydrogen-bond donors (Lipinski definition) is 1. The number of ether oxygens (including phenoxy) is 4. The van der Waals surface area contributed by atoms with E-state index in [0.29, 0.717) is 26.4 Å². The Morgan fingerprint density at radius 3 is 1.75 bits per heavy atom. The van der Waals surface area contributed by atoms with Crippen molar-refractivity contribution in [2.24, 2.45) is 0 Å². The van der Waals surface area contributed by atoms with Gasteiger partial charge in [-0.15, -0.1) is 0 Å². The first-order chi connectivity index (χ1) is 17.2. The van der Waals surface area contributed by atoms with Crippen molar-refractivity contribution in [1.82, 2.24) is 5.32 Å². The Balaban J connectivity index is 0.00000361. The fraction of sp³-hybridized carbons (Fsp3) is 0.310. The van der Waals surface area contributed by atoms with E-state index in [0.717, 1.165) is 16.7 Å². The van der Waals surface area contributed by atoms with Crippen LogP contribution in [0.2, 0.25) is 0 Å². The van der Waals surface area contributed by atoms with Gasteiger partial charge in [-0.3, -0.25) is 4.79 Å². The van der Waals surface area contributed by atoms with Gasteiger partial charge in [-0.1, -0.05) is 91.0 Å². The normalized spacial score (nSPS) is 21.4. The Kier molecular flexibility index (Phi) is 11.7. The zero-order valence-corrected chi connectivity index (χ0v) is 20.9. The molecule has 4 rings (SSSR count). The number of hydrogen-bond acceptors (Lipinski definition) is 5. The van der Waals surface area contributed by atoms with Gasteiger partial charge in [0.05, 0.1) is 38.6 Å². The largest absolute Gasteiger partial charge is 1.00 e. The van der Waals surface area contributed by atoms with Crippen LogP contribution >= 0.6 is 0 Å². The summed E-state index contributed by atoms with van der Waals surface area (Å²) >= 11 is 0. The predicted molar refractivity (Wildman–Crippen MR) is 133 cm³/mol. The van der Waals surface area contributed by atoms with E-state index >= 15 is 0 Å². The Morgan fingerprint density at radius 1 is 0.778 bits per heavy atom. The summed E-state index contributed by atoms with van der Waals surface area (Å²) in [6.45, 7) is 4.69. The van der Waals surface area contributed by atoms with Gasteiger partial charge in [-0.05, 0) is 22.7 Å². The third-order valence-electron chi connectivity index (χ3n) is 5.78. The van der Waals surface area contributed by atoms with Crippen molar-refractivity contribution in [3.63, 3.8) is 0 Å². The van der Waals surface area contributed by atoms with Crippen LogP contribution in [-0.4, -0.2) is 36.9 Å². The smallest absolute Gasteiger partial charge is 0.544 e. The van der Waals surface area contributed by atoms with Crippen LogP contribution in [0.1, 0.15) is 23.6 Å². The molecule has 36 heavy (non-hydrogen) atoms. The number of amides is 1. The van der Waals surface area contributed by atoms with E-state index in [9.17, 15) is 4.79 Å². The Bertz CT molecular complexity index is 1020. The second-order valence-electron chi connectivity index (χ2n) is 8.56. The van der Waals surface area contributed by atoms with Crippen molar-refractivity contribution < 1.29 is 42.6 Å². The molecule has 0 unspecified atom stereocenters. The van der Waals surface area contributed by atoms with Gasteiger partial charge in [0, 0.05) is 6.92 Å². The van der Waals surface area contributed by atoms with Crippen LogP contribution in [0.4, 0.5) is 0 Å². The van der Waals surface area contributed by atoms with E-state index in [4.69, 9.17) is 18.9 Å². The summed E-state index contributed by atoms with van der Waals surface area (Å²) in [7, 11) is 0. The Morgan fingerprint density at radius 2 is 1.25 bits per heavy atom. The second-order valence-corrected chi connectivity index (χ2v) is 8.56. The molecule has 0 saturated carbocycles. The molecule has 7 heteroatoms. The molecule has 1 aliphatic heterocycles. The van der Waals surface area contributed by atoms with Gasteiger partial charge >= 0.3 is 18.9 Å². The summed E-state index contributed by atoms with van der Waals surface area (Å²) in [5.74, 6) is -0.163. The first-order valence-electron chi connectivity index (χ1n) is 11.9. The topological polar surface area (TPSA) is 66.0 Å². The van der Waals surface area contributed by atoms with Gasteiger partial charge in [0.15, 0.2) is 0 Å². The molecule has 3 aromatic rings. The van der Waals surface area contributed by atoms with Gasteiger partial charge in [-0.25, -0.2) is 0 Å². The number of rotatable bonds is 11. The Labute approximate surface area is 225 Å². The fourth-order valence-electron chi connectivity index (χ4n) is 4.04. The van der Waals surface area contributed by atoms with Crippen molar-refractivity contribution in [2.45, 2.75) is 51.1 Å². The summed E-state index contributed by atoms with van der Waals surface area (Å²) in [4.78, 5) is 11.9. The molecule has 1 amide bonds. The van der Waals surface area contributed by atoms with E-state index in [2.05, 4.69) is 5.32 Å². The number of benzene rings is 3. The average Bonchev–Trinajstić information content (AvgIpc) is 2.89. The molecule has 0 aliphatic carbocycles. The van der Waals surface area contributed by atoms with E-state index in [1.54, 1.807) is 6.61 Å². The zero-order chi connectivity index (χ0) is 24.3. The van der Waals surface area contributed by atoms with Crippen LogP contribution < -0.4 is 24.2 Å². The molecule has 0 bridgehead atoms. The maximum atomic E-state index is 11.9. The van der Waals surface area contributed by atoms with Gasteiger partial charge in [0.2, 0.25) is 5.91 Å². The molecule has 1 N–H and O–H groups in total. The molecule has 0 radical (unpaired) electrons. The maximum absolute atomic E-state index is 11.9. The zero-order valence-electron chi connectivity index (χ0n) is 20.9. The van der Waals surface area contributed by atoms with E-state index < -0.39 is 24.4 Å². The van der Waals surface area contributed by atoms with Crippen LogP contribution in [-0.2, 0) is 43.6 Å². The number of carbonyl (C=O) groups is 1. The summed E-state index contributed by atoms with van der Waals surface area (Å²) in [6.07, 6.45) is -1.31. The molecule has 1 fully saturated rings. The molecule has 3 aromatic carbocycles. The molecule has 0 aromatic heterocycles. The monoisotopic (exact) mass is 481 g/mol. The van der Waals surface area contributed by atoms with Gasteiger partial charge in [0.1, 0.15) is 6.10 Å². The summed E-state index contributed by atoms with van der Waals surface area (Å²) in [5.41, 5.74) is 3.17. The molecule has 6 nitrogen and oxygen atoms in total. The quantitative estimate of drug-likeness (QED) is 0.332. The minimum atomic E-state index is -0.462. The van der Waals surface area contributed by atoms with Crippen LogP contribution in [0.5, 0.6) is 0 Å². The van der Waals surface area contributed by atoms with Crippen molar-refractivity contribution in [1.29, 1.82) is 0 Å². The molecule has 1 saturated heterocycles. The first kappa shape index (κ1) is 28.1. The van der Waals surface area contributed by atoms with Gasteiger partial charge < -0.3 is 24.3 Å². The first-order valence-corrected chi connectivity index (χ1v) is 11.9. The van der Waals surface area contributed by atoms with Crippen molar-refractivity contribution >= 4 is 5.91 Å². The van der Waals surface area contributed by atoms with Gasteiger partial charge in [0.25, 0.3) is 0 Å². The van der Waals surface area contributed by atoms with E-state index in [1.165, 1.54) is 6.92 Å². The minimum Gasteiger partial charge on any atom is -0.544 e. The maximum Gasteiger partial charge on any atom is 1.00 e. The summed E-state index contributed by atoms with van der Waals surface area (Å²) < 4.78 is 24.8. The molecular weight excluding hydrogens is 449 g/mol. The summed E-state index contributed by atoms with van der Waals surface area (Å²) in [6, 6.07) is 29.5. The van der Waals surface area contributed by atoms with E-state index in [1.807, 2.05) is 91.0 Å². The molecular formula is C29H32LiNO5. The summed E-state index contributed by atoms with van der Waals surface area (Å²) in [5, 5.41) is 2.93. The van der Waals surface area contributed by atoms with Crippen LogP contribution in [0.3, 0.4) is 0 Å². The van der Waals surface area contributed by atoms with E-state index in [-0.39, 0.29) is 24.8 Å². The van der Waals surface area contributed by atoms with Crippen molar-refractivity contribution in [2.75, 3.05) is 6.61 Å². The van der Waals surface area contributed by atoms with Crippen LogP contribution in [0.25, 0.3) is 0 Å². The van der Waals surface area contributed by atoms with Gasteiger partial charge in [-0.2, -0.15) is 6.61 Å². The molecule has 1 aliphatic rings. The predicted octanol–water partition coefficient (Wildman–Crippen LogP) is 1.44. The molecule has 0 spiro atoms. The SMILES string of the molecule is CC(=O)N[C@H]1[CH-]O[C@H](COCc2ccccc2)[C@@H](OCc2ccccc2)[C@@H]1OCc1ccccc1.[Li+]. The molecule has 4 atom stereocenters.